The second kappa shape index (κ2) is 24.8. The number of ketones is 5. The summed E-state index contributed by atoms with van der Waals surface area (Å²) in [4.78, 5) is 69.3. The van der Waals surface area contributed by atoms with Crippen LogP contribution in [-0.2, 0) is 25.0 Å². The number of Topliss-reactive ketones (excluding diaryl/α,β-unsaturated/α-hetero) is 1. The van der Waals surface area contributed by atoms with Gasteiger partial charge in [-0.15, -0.1) is 10.2 Å². The fourth-order valence-corrected chi connectivity index (χ4v) is 11.4. The molecule has 8 aromatic rings. The van der Waals surface area contributed by atoms with Crippen molar-refractivity contribution in [3.63, 3.8) is 0 Å². The van der Waals surface area contributed by atoms with Crippen molar-refractivity contribution in [3.05, 3.63) is 222 Å². The summed E-state index contributed by atoms with van der Waals surface area (Å²) in [5, 5.41) is 49.5. The van der Waals surface area contributed by atoms with E-state index in [4.69, 9.17) is 23.2 Å². The third kappa shape index (κ3) is 12.4. The van der Waals surface area contributed by atoms with Gasteiger partial charge in [0.15, 0.2) is 28.9 Å². The topological polar surface area (TPSA) is 314 Å². The molecule has 25 heteroatoms. The minimum atomic E-state index is -5.22. The van der Waals surface area contributed by atoms with Gasteiger partial charge in [-0.1, -0.05) is 107 Å². The van der Waals surface area contributed by atoms with Crippen molar-refractivity contribution in [1.82, 2.24) is 0 Å². The molecule has 412 valence electrons. The normalized spacial score (nSPS) is 14.8. The van der Waals surface area contributed by atoms with Crippen LogP contribution < -0.4 is 80.0 Å². The van der Waals surface area contributed by atoms with Crippen molar-refractivity contribution in [2.24, 2.45) is 20.5 Å². The smallest absolute Gasteiger partial charge is 0.871 e. The molecule has 3 aliphatic rings. The fraction of sp³-hybridized carbons (Fsp3) is 0.0500. The number of fused-ring (bicyclic) bond motifs is 4. The number of hydrogen-bond acceptors (Lipinski definition) is 17. The van der Waals surface area contributed by atoms with Crippen molar-refractivity contribution >= 4 is 130 Å². The van der Waals surface area contributed by atoms with Gasteiger partial charge in [-0.3, -0.25) is 33.1 Å². The van der Waals surface area contributed by atoms with Gasteiger partial charge in [-0.25, -0.2) is 0 Å². The zero-order valence-corrected chi connectivity index (χ0v) is 51.5. The molecule has 0 bridgehead atoms. The van der Waals surface area contributed by atoms with Crippen LogP contribution in [0.3, 0.4) is 0 Å². The van der Waals surface area contributed by atoms with Crippen LogP contribution in [0.4, 0.5) is 45.5 Å². The molecule has 0 heterocycles. The fourth-order valence-electron chi connectivity index (χ4n) is 9.87. The Bertz CT molecular complexity index is 4290. The van der Waals surface area contributed by atoms with Gasteiger partial charge in [-0.05, 0) is 115 Å². The van der Waals surface area contributed by atoms with Gasteiger partial charge in [0.2, 0.25) is 0 Å². The van der Waals surface area contributed by atoms with Crippen molar-refractivity contribution in [3.8, 4) is 11.5 Å². The van der Waals surface area contributed by atoms with Crippen LogP contribution in [0.2, 0.25) is 10.0 Å². The van der Waals surface area contributed by atoms with Crippen LogP contribution in [0, 0.1) is 0 Å². The summed E-state index contributed by atoms with van der Waals surface area (Å²) in [7, 11) is -10.4. The molecular weight excluding hydrogens is 1190 g/mol. The second-order valence-corrected chi connectivity index (χ2v) is 22.7. The van der Waals surface area contributed by atoms with Crippen LogP contribution in [0.1, 0.15) is 94.1 Å². The first kappa shape index (κ1) is 61.9. The number of anilines is 4. The maximum absolute atomic E-state index is 14.3. The molecule has 8 aromatic carbocycles. The molecule has 11 rings (SSSR count). The van der Waals surface area contributed by atoms with E-state index in [1.165, 1.54) is 121 Å². The summed E-state index contributed by atoms with van der Waals surface area (Å²) < 4.78 is 73.5. The number of carbonyl (C=O) groups is 5. The minimum absolute atomic E-state index is 0. The molecule has 4 N–H and O–H groups in total. The Morgan fingerprint density at radius 3 is 1.13 bits per heavy atom. The molecule has 0 amide bonds. The van der Waals surface area contributed by atoms with Gasteiger partial charge in [0, 0.05) is 54.8 Å². The van der Waals surface area contributed by atoms with Gasteiger partial charge in [0.1, 0.15) is 21.2 Å². The molecule has 1 fully saturated rings. The summed E-state index contributed by atoms with van der Waals surface area (Å²) in [6.45, 7) is 0. The SMILES string of the molecule is O=C1/C(=C/c2ccc([O-])c(N=Nc3c(S(=O)(=O)O)cc(Nc4ccc(Cl)cc4)c4c3C(=O)c3ccccc3C4=O)c2)CCC/C1=C\c1ccc([O-])c(N=Nc2c(S(=O)(=O)O)cc(Nc3ccc(Cl)cc3)c3c2C(=O)c2ccccc2C3=O)c1.[Na+].[Na+]. The number of azo groups is 2. The van der Waals surface area contributed by atoms with Gasteiger partial charge in [0.05, 0.1) is 45.0 Å². The van der Waals surface area contributed by atoms with E-state index in [-0.39, 0.29) is 150 Å². The first-order valence-corrected chi connectivity index (χ1v) is 28.5. The number of nitrogens with one attached hydrogen (secondary N) is 2. The Hall–Kier alpha value is -7.61. The maximum atomic E-state index is 14.3. The quantitative estimate of drug-likeness (QED) is 0.0426. The zero-order valence-electron chi connectivity index (χ0n) is 44.4. The van der Waals surface area contributed by atoms with Crippen LogP contribution in [0.15, 0.2) is 187 Å². The van der Waals surface area contributed by atoms with Crippen molar-refractivity contribution in [2.75, 3.05) is 10.6 Å². The second-order valence-electron chi connectivity index (χ2n) is 19.0. The molecule has 0 radical (unpaired) electrons. The first-order valence-electron chi connectivity index (χ1n) is 24.8. The number of halogens is 2. The van der Waals surface area contributed by atoms with E-state index in [2.05, 4.69) is 31.1 Å². The number of hydrogen-bond donors (Lipinski definition) is 4. The molecule has 19 nitrogen and oxygen atoms in total. The van der Waals surface area contributed by atoms with E-state index in [1.54, 1.807) is 12.1 Å². The average Bonchev–Trinajstić information content (AvgIpc) is 0.938. The number of benzene rings is 8. The summed E-state index contributed by atoms with van der Waals surface area (Å²) in [6.07, 6.45) is 4.03. The summed E-state index contributed by atoms with van der Waals surface area (Å²) in [5.41, 5.74) is -2.40. The predicted molar refractivity (Wildman–Crippen MR) is 304 cm³/mol. The summed E-state index contributed by atoms with van der Waals surface area (Å²) in [5.74, 6) is -4.82. The molecule has 0 aromatic heterocycles. The zero-order chi connectivity index (χ0) is 58.6. The monoisotopic (exact) mass is 1230 g/mol. The largest absolute Gasteiger partial charge is 1.00 e. The van der Waals surface area contributed by atoms with Crippen molar-refractivity contribution in [2.45, 2.75) is 29.1 Å². The third-order valence-electron chi connectivity index (χ3n) is 13.7. The molecule has 0 aliphatic heterocycles. The summed E-state index contributed by atoms with van der Waals surface area (Å²) in [6, 6.07) is 33.4. The van der Waals surface area contributed by atoms with E-state index in [0.717, 1.165) is 24.3 Å². The first-order chi connectivity index (χ1) is 39.6. The van der Waals surface area contributed by atoms with Crippen LogP contribution >= 0.6 is 23.2 Å². The maximum Gasteiger partial charge on any atom is 1.00 e. The van der Waals surface area contributed by atoms with Crippen LogP contribution in [-0.4, -0.2) is 54.9 Å². The number of rotatable bonds is 12. The van der Waals surface area contributed by atoms with Gasteiger partial charge in [-0.2, -0.15) is 27.1 Å². The Morgan fingerprint density at radius 2 is 0.788 bits per heavy atom. The third-order valence-corrected chi connectivity index (χ3v) is 15.9. The minimum Gasteiger partial charge on any atom is -0.871 e. The Labute approximate surface area is 538 Å². The molecular formula is C60H36Cl2N6Na2O13S2. The van der Waals surface area contributed by atoms with E-state index in [9.17, 15) is 60.1 Å². The van der Waals surface area contributed by atoms with Crippen LogP contribution in [0.5, 0.6) is 11.5 Å². The van der Waals surface area contributed by atoms with Crippen LogP contribution in [0.25, 0.3) is 12.2 Å². The summed E-state index contributed by atoms with van der Waals surface area (Å²) >= 11 is 12.1. The van der Waals surface area contributed by atoms with Crippen molar-refractivity contribution in [1.29, 1.82) is 0 Å². The molecule has 3 aliphatic carbocycles. The van der Waals surface area contributed by atoms with E-state index in [0.29, 0.717) is 27.8 Å². The standard InChI is InChI=1S/C60H38Cl2N6O13S2.2Na/c61-34-14-18-36(19-15-34)63-44-28-48(82(76,77)78)54(52-50(44)57(72)38-8-1-3-10-40(38)59(52)74)67-65-42-26-30(12-22-46(42)69)24-32-6-5-7-33(56(32)71)25-31-13-23-47(70)43(27-31)66-68-55-49(83(79,80)81)29-45(64-37-20-16-35(62)17-21-37)51-53(55)60(75)41-11-4-2-9-39(41)58(51)73;;/h1-4,8-29,63-64,69-70H,5-7H2,(H,76,77,78)(H,79,80,81);;/q;2*+1/p-2/b32-24+,33-25+,67-65?,68-66?;;. The molecule has 0 saturated heterocycles. The number of nitrogens with zero attached hydrogens (tertiary/aromatic N) is 4. The van der Waals surface area contributed by atoms with Gasteiger partial charge < -0.3 is 20.8 Å². The van der Waals surface area contributed by atoms with E-state index in [1.807, 2.05) is 0 Å². The van der Waals surface area contributed by atoms with E-state index < -0.39 is 92.9 Å². The van der Waals surface area contributed by atoms with Gasteiger partial charge >= 0.3 is 59.1 Å². The molecule has 0 atom stereocenters. The Balaban J connectivity index is 0.00000432. The predicted octanol–water partition coefficient (Wildman–Crippen LogP) is 6.73. The molecule has 0 unspecified atom stereocenters. The Morgan fingerprint density at radius 1 is 0.447 bits per heavy atom. The molecule has 85 heavy (non-hydrogen) atoms. The van der Waals surface area contributed by atoms with E-state index >= 15 is 0 Å². The Kier molecular flexibility index (Phi) is 18.1. The number of carbonyl (C=O) groups excluding carboxylic acids is 5. The number of allylic oxidation sites excluding steroid dienone is 2. The molecule has 0 spiro atoms. The average molecular weight is 1230 g/mol. The van der Waals surface area contributed by atoms with Gasteiger partial charge in [0.25, 0.3) is 20.2 Å². The van der Waals surface area contributed by atoms with Crippen molar-refractivity contribution < 1.29 is 119 Å². The molecule has 1 saturated carbocycles.